The summed E-state index contributed by atoms with van der Waals surface area (Å²) >= 11 is 5.63. The maximum atomic E-state index is 12.0. The Morgan fingerprint density at radius 3 is 2.74 bits per heavy atom. The molecule has 1 heterocycles. The first-order chi connectivity index (χ1) is 9.10. The van der Waals surface area contributed by atoms with Crippen molar-refractivity contribution in [3.05, 3.63) is 47.9 Å². The van der Waals surface area contributed by atoms with Gasteiger partial charge in [-0.05, 0) is 30.3 Å². The van der Waals surface area contributed by atoms with E-state index in [1.54, 1.807) is 12.1 Å². The van der Waals surface area contributed by atoms with Crippen LogP contribution in [-0.4, -0.2) is 20.0 Å². The lowest BCUT2D eigenvalue weighted by Gasteiger charge is -2.13. The third-order valence-electron chi connectivity index (χ3n) is 2.64. The smallest absolute Gasteiger partial charge is 0.291 e. The molecule has 0 bridgehead atoms. The Hall–Kier alpha value is -1.94. The van der Waals surface area contributed by atoms with E-state index in [1.807, 2.05) is 43.3 Å². The number of nitrogens with one attached hydrogen (secondary N) is 1. The molecule has 1 aromatic carbocycles. The van der Waals surface area contributed by atoms with Gasteiger partial charge in [0.1, 0.15) is 5.76 Å². The van der Waals surface area contributed by atoms with Gasteiger partial charge >= 0.3 is 0 Å². The average molecular weight is 279 g/mol. The van der Waals surface area contributed by atoms with Crippen molar-refractivity contribution in [1.82, 2.24) is 0 Å². The average Bonchev–Trinajstić information content (AvgIpc) is 2.88. The summed E-state index contributed by atoms with van der Waals surface area (Å²) in [5.74, 6) is 0.802. The van der Waals surface area contributed by atoms with Gasteiger partial charge in [0.05, 0.1) is 5.88 Å². The molecule has 0 saturated heterocycles. The second-order valence-electron chi connectivity index (χ2n) is 4.30. The van der Waals surface area contributed by atoms with Crippen LogP contribution >= 0.6 is 11.6 Å². The van der Waals surface area contributed by atoms with Gasteiger partial charge in [-0.2, -0.15) is 0 Å². The number of hydrogen-bond acceptors (Lipinski definition) is 3. The normalized spacial score (nSPS) is 10.3. The lowest BCUT2D eigenvalue weighted by molar-refractivity contribution is 0.0995. The van der Waals surface area contributed by atoms with E-state index < -0.39 is 0 Å². The van der Waals surface area contributed by atoms with Crippen molar-refractivity contribution in [3.63, 3.8) is 0 Å². The van der Waals surface area contributed by atoms with Crippen molar-refractivity contribution < 1.29 is 9.21 Å². The van der Waals surface area contributed by atoms with Crippen LogP contribution in [0, 0.1) is 0 Å². The van der Waals surface area contributed by atoms with Gasteiger partial charge in [0.2, 0.25) is 0 Å². The van der Waals surface area contributed by atoms with Gasteiger partial charge in [-0.25, -0.2) is 0 Å². The number of anilines is 2. The standard InChI is InChI=1S/C14H15ClN2O2/c1-17(2)11-5-3-4-10(8-11)16-14(18)13-7-6-12(9-15)19-13/h3-8H,9H2,1-2H3,(H,16,18). The van der Waals surface area contributed by atoms with E-state index in [2.05, 4.69) is 5.32 Å². The number of halogens is 1. The number of carbonyl (C=O) groups is 1. The Morgan fingerprint density at radius 1 is 1.32 bits per heavy atom. The van der Waals surface area contributed by atoms with Crippen molar-refractivity contribution in [3.8, 4) is 0 Å². The highest BCUT2D eigenvalue weighted by Gasteiger charge is 2.11. The number of furan rings is 1. The fraction of sp³-hybridized carbons (Fsp3) is 0.214. The van der Waals surface area contributed by atoms with Crippen LogP contribution in [0.1, 0.15) is 16.3 Å². The third kappa shape index (κ3) is 3.29. The fourth-order valence-corrected chi connectivity index (χ4v) is 1.77. The van der Waals surface area contributed by atoms with Gasteiger partial charge in [0.25, 0.3) is 5.91 Å². The van der Waals surface area contributed by atoms with Crippen LogP contribution in [0.5, 0.6) is 0 Å². The molecule has 0 saturated carbocycles. The monoisotopic (exact) mass is 278 g/mol. The molecule has 5 heteroatoms. The molecule has 0 fully saturated rings. The summed E-state index contributed by atoms with van der Waals surface area (Å²) in [5.41, 5.74) is 1.73. The van der Waals surface area contributed by atoms with Crippen LogP contribution in [0.4, 0.5) is 11.4 Å². The highest BCUT2D eigenvalue weighted by molar-refractivity contribution is 6.16. The molecule has 4 nitrogen and oxygen atoms in total. The number of amides is 1. The maximum absolute atomic E-state index is 12.0. The lowest BCUT2D eigenvalue weighted by atomic mass is 10.2. The Bertz CT molecular complexity index is 578. The minimum absolute atomic E-state index is 0.253. The SMILES string of the molecule is CN(C)c1cccc(NC(=O)c2ccc(CCl)o2)c1. The van der Waals surface area contributed by atoms with Crippen LogP contribution in [0.2, 0.25) is 0 Å². The van der Waals surface area contributed by atoms with E-state index in [-0.39, 0.29) is 17.5 Å². The lowest BCUT2D eigenvalue weighted by Crippen LogP contribution is -2.12. The van der Waals surface area contributed by atoms with E-state index >= 15 is 0 Å². The zero-order chi connectivity index (χ0) is 13.8. The van der Waals surface area contributed by atoms with Crippen LogP contribution in [-0.2, 0) is 5.88 Å². The zero-order valence-corrected chi connectivity index (χ0v) is 11.6. The van der Waals surface area contributed by atoms with Gasteiger partial charge < -0.3 is 14.6 Å². The first-order valence-corrected chi connectivity index (χ1v) is 6.37. The van der Waals surface area contributed by atoms with Crippen LogP contribution < -0.4 is 10.2 Å². The molecule has 0 atom stereocenters. The van der Waals surface area contributed by atoms with E-state index in [0.717, 1.165) is 11.4 Å². The Labute approximate surface area is 117 Å². The maximum Gasteiger partial charge on any atom is 0.291 e. The molecule has 0 aliphatic rings. The van der Waals surface area contributed by atoms with E-state index in [0.29, 0.717) is 5.76 Å². The Morgan fingerprint density at radius 2 is 2.11 bits per heavy atom. The quantitative estimate of drug-likeness (QED) is 0.873. The van der Waals surface area contributed by atoms with Gasteiger partial charge in [-0.1, -0.05) is 6.07 Å². The molecule has 0 aliphatic carbocycles. The summed E-state index contributed by atoms with van der Waals surface area (Å²) in [5, 5.41) is 2.79. The summed E-state index contributed by atoms with van der Waals surface area (Å²) in [4.78, 5) is 13.9. The molecule has 0 radical (unpaired) electrons. The topological polar surface area (TPSA) is 45.5 Å². The van der Waals surface area contributed by atoms with Crippen molar-refractivity contribution in [1.29, 1.82) is 0 Å². The summed E-state index contributed by atoms with van der Waals surface area (Å²) < 4.78 is 5.29. The molecule has 1 aromatic heterocycles. The van der Waals surface area contributed by atoms with Crippen LogP contribution in [0.15, 0.2) is 40.8 Å². The molecular formula is C14H15ClN2O2. The van der Waals surface area contributed by atoms with Gasteiger partial charge in [-0.15, -0.1) is 11.6 Å². The van der Waals surface area contributed by atoms with Gasteiger partial charge in [-0.3, -0.25) is 4.79 Å². The molecule has 1 amide bonds. The first-order valence-electron chi connectivity index (χ1n) is 5.83. The van der Waals surface area contributed by atoms with Crippen molar-refractivity contribution in [2.75, 3.05) is 24.3 Å². The largest absolute Gasteiger partial charge is 0.455 e. The van der Waals surface area contributed by atoms with E-state index in [9.17, 15) is 4.79 Å². The van der Waals surface area contributed by atoms with E-state index in [4.69, 9.17) is 16.0 Å². The number of carbonyl (C=O) groups excluding carboxylic acids is 1. The molecule has 0 spiro atoms. The van der Waals surface area contributed by atoms with Crippen molar-refractivity contribution in [2.45, 2.75) is 5.88 Å². The number of alkyl halides is 1. The second-order valence-corrected chi connectivity index (χ2v) is 4.57. The Balaban J connectivity index is 2.12. The summed E-state index contributed by atoms with van der Waals surface area (Å²) in [6.45, 7) is 0. The molecular weight excluding hydrogens is 264 g/mol. The molecule has 19 heavy (non-hydrogen) atoms. The molecule has 2 aromatic rings. The molecule has 1 N–H and O–H groups in total. The predicted octanol–water partition coefficient (Wildman–Crippen LogP) is 3.34. The molecule has 100 valence electrons. The van der Waals surface area contributed by atoms with E-state index in [1.165, 1.54) is 0 Å². The zero-order valence-electron chi connectivity index (χ0n) is 10.8. The molecule has 2 rings (SSSR count). The fourth-order valence-electron chi connectivity index (χ4n) is 1.63. The highest BCUT2D eigenvalue weighted by atomic mass is 35.5. The number of rotatable bonds is 4. The predicted molar refractivity (Wildman–Crippen MR) is 77.0 cm³/mol. The van der Waals surface area contributed by atoms with Crippen molar-refractivity contribution in [2.24, 2.45) is 0 Å². The number of benzene rings is 1. The second kappa shape index (κ2) is 5.80. The summed E-state index contributed by atoms with van der Waals surface area (Å²) in [6.07, 6.45) is 0. The highest BCUT2D eigenvalue weighted by Crippen LogP contribution is 2.18. The van der Waals surface area contributed by atoms with Crippen LogP contribution in [0.25, 0.3) is 0 Å². The third-order valence-corrected chi connectivity index (χ3v) is 2.90. The summed E-state index contributed by atoms with van der Waals surface area (Å²) in [7, 11) is 3.89. The minimum atomic E-state index is -0.285. The molecule has 0 aliphatic heterocycles. The van der Waals surface area contributed by atoms with Crippen molar-refractivity contribution >= 4 is 28.9 Å². The van der Waals surface area contributed by atoms with Crippen LogP contribution in [0.3, 0.4) is 0 Å². The summed E-state index contributed by atoms with van der Waals surface area (Å²) in [6, 6.07) is 10.9. The first kappa shape index (κ1) is 13.5. The number of nitrogens with zero attached hydrogens (tertiary/aromatic N) is 1. The number of hydrogen-bond donors (Lipinski definition) is 1. The molecule has 0 unspecified atom stereocenters. The van der Waals surface area contributed by atoms with Gasteiger partial charge in [0, 0.05) is 25.5 Å². The minimum Gasteiger partial charge on any atom is -0.455 e. The van der Waals surface area contributed by atoms with Gasteiger partial charge in [0.15, 0.2) is 5.76 Å². The Kier molecular flexibility index (Phi) is 4.12.